The fourth-order valence-corrected chi connectivity index (χ4v) is 5.78. The highest BCUT2D eigenvalue weighted by Gasteiger charge is 2.24. The lowest BCUT2D eigenvalue weighted by Crippen LogP contribution is -2.16. The van der Waals surface area contributed by atoms with Gasteiger partial charge in [0, 0.05) is 0 Å². The molecule has 1 saturated carbocycles. The number of thiophene rings is 1. The van der Waals surface area contributed by atoms with Crippen LogP contribution in [0.2, 0.25) is 0 Å². The second kappa shape index (κ2) is 8.84. The predicted molar refractivity (Wildman–Crippen MR) is 115 cm³/mol. The van der Waals surface area contributed by atoms with Crippen LogP contribution in [0.1, 0.15) is 78.3 Å². The van der Waals surface area contributed by atoms with Gasteiger partial charge in [-0.3, -0.25) is 4.79 Å². The number of tetrazole rings is 1. The van der Waals surface area contributed by atoms with Crippen LogP contribution in [0, 0.1) is 6.92 Å². The van der Waals surface area contributed by atoms with E-state index in [0.29, 0.717) is 32.5 Å². The average Bonchev–Trinajstić information content (AvgIpc) is 3.33. The summed E-state index contributed by atoms with van der Waals surface area (Å²) >= 11 is 2.66. The zero-order valence-electron chi connectivity index (χ0n) is 17.2. The number of aryl methyl sites for hydroxylation is 1. The van der Waals surface area contributed by atoms with Crippen molar-refractivity contribution in [1.29, 1.82) is 0 Å². The standard InChI is InChI=1S/C19H24N6O3S2/c1-4-28-18(27)14-10(2)13-16(26)20-15(21-17(13)30-14)11(3)29-19-22-23-24-25(19)12-8-6-5-7-9-12/h11-12H,4-9H2,1-3H3,(H,20,21,26). The summed E-state index contributed by atoms with van der Waals surface area (Å²) < 4.78 is 7.01. The fourth-order valence-electron chi connectivity index (χ4n) is 3.78. The van der Waals surface area contributed by atoms with Gasteiger partial charge in [0.15, 0.2) is 0 Å². The summed E-state index contributed by atoms with van der Waals surface area (Å²) in [6.07, 6.45) is 5.81. The second-order valence-corrected chi connectivity index (χ2v) is 9.67. The molecule has 0 spiro atoms. The van der Waals surface area contributed by atoms with Gasteiger partial charge in [0.1, 0.15) is 15.5 Å². The van der Waals surface area contributed by atoms with Crippen LogP contribution in [-0.4, -0.2) is 42.8 Å². The van der Waals surface area contributed by atoms with Crippen LogP contribution in [0.15, 0.2) is 9.95 Å². The first-order valence-electron chi connectivity index (χ1n) is 10.1. The summed E-state index contributed by atoms with van der Waals surface area (Å²) in [6.45, 7) is 5.74. The molecule has 1 N–H and O–H groups in total. The maximum absolute atomic E-state index is 12.7. The van der Waals surface area contributed by atoms with E-state index in [2.05, 4.69) is 25.5 Å². The average molecular weight is 449 g/mol. The molecule has 11 heteroatoms. The molecule has 0 aliphatic heterocycles. The van der Waals surface area contributed by atoms with E-state index in [9.17, 15) is 9.59 Å². The smallest absolute Gasteiger partial charge is 0.348 e. The van der Waals surface area contributed by atoms with Gasteiger partial charge in [0.2, 0.25) is 5.16 Å². The molecule has 9 nitrogen and oxygen atoms in total. The van der Waals surface area contributed by atoms with Gasteiger partial charge in [-0.25, -0.2) is 14.5 Å². The number of carbonyl (C=O) groups excluding carboxylic acids is 1. The van der Waals surface area contributed by atoms with Crippen molar-refractivity contribution in [3.05, 3.63) is 26.6 Å². The van der Waals surface area contributed by atoms with Gasteiger partial charge in [-0.15, -0.1) is 16.4 Å². The van der Waals surface area contributed by atoms with E-state index in [-0.39, 0.29) is 17.4 Å². The molecule has 1 aliphatic rings. The molecule has 3 heterocycles. The van der Waals surface area contributed by atoms with Crippen LogP contribution in [-0.2, 0) is 4.74 Å². The van der Waals surface area contributed by atoms with Crippen molar-refractivity contribution < 1.29 is 9.53 Å². The highest BCUT2D eigenvalue weighted by Crippen LogP contribution is 2.36. The van der Waals surface area contributed by atoms with Gasteiger partial charge in [-0.2, -0.15) is 0 Å². The van der Waals surface area contributed by atoms with E-state index in [1.54, 1.807) is 13.8 Å². The number of aromatic nitrogens is 6. The normalized spacial score (nSPS) is 16.1. The number of thioether (sulfide) groups is 1. The van der Waals surface area contributed by atoms with Crippen molar-refractivity contribution in [1.82, 2.24) is 30.2 Å². The Labute approximate surface area is 181 Å². The zero-order valence-corrected chi connectivity index (χ0v) is 18.8. The zero-order chi connectivity index (χ0) is 21.3. The minimum Gasteiger partial charge on any atom is -0.462 e. The molecule has 0 radical (unpaired) electrons. The SMILES string of the molecule is CCOC(=O)c1sc2nc(C(C)Sc3nnnn3C3CCCCC3)[nH]c(=O)c2c1C. The Morgan fingerprint density at radius 1 is 1.37 bits per heavy atom. The van der Waals surface area contributed by atoms with E-state index < -0.39 is 5.97 Å². The van der Waals surface area contributed by atoms with Gasteiger partial charge in [-0.05, 0) is 49.6 Å². The Balaban J connectivity index is 1.61. The number of fused-ring (bicyclic) bond motifs is 1. The first-order chi connectivity index (χ1) is 14.5. The van der Waals surface area contributed by atoms with Crippen molar-refractivity contribution in [3.8, 4) is 0 Å². The van der Waals surface area contributed by atoms with E-state index in [4.69, 9.17) is 4.74 Å². The first-order valence-corrected chi connectivity index (χ1v) is 11.8. The van der Waals surface area contributed by atoms with Gasteiger partial charge < -0.3 is 9.72 Å². The van der Waals surface area contributed by atoms with Crippen molar-refractivity contribution in [2.75, 3.05) is 6.61 Å². The largest absolute Gasteiger partial charge is 0.462 e. The van der Waals surface area contributed by atoms with Crippen LogP contribution in [0.25, 0.3) is 10.2 Å². The Bertz CT molecular complexity index is 1120. The number of carbonyl (C=O) groups is 1. The van der Waals surface area contributed by atoms with Crippen LogP contribution in [0.5, 0.6) is 0 Å². The van der Waals surface area contributed by atoms with Crippen LogP contribution in [0.4, 0.5) is 0 Å². The molecule has 1 aliphatic carbocycles. The molecule has 30 heavy (non-hydrogen) atoms. The van der Waals surface area contributed by atoms with Gasteiger partial charge in [-0.1, -0.05) is 31.0 Å². The quantitative estimate of drug-likeness (QED) is 0.447. The molecule has 1 fully saturated rings. The molecule has 0 bridgehead atoms. The number of aromatic amines is 1. The van der Waals surface area contributed by atoms with Crippen molar-refractivity contribution in [2.45, 2.75) is 69.3 Å². The first kappa shape index (κ1) is 21.0. The summed E-state index contributed by atoms with van der Waals surface area (Å²) in [6, 6.07) is 0.324. The number of rotatable bonds is 6. The summed E-state index contributed by atoms with van der Waals surface area (Å²) in [5.74, 6) is 0.111. The molecule has 1 atom stereocenters. The number of esters is 1. The number of H-pyrrole nitrogens is 1. The van der Waals surface area contributed by atoms with Crippen LogP contribution < -0.4 is 5.56 Å². The molecule has 0 aromatic carbocycles. The fraction of sp³-hybridized carbons (Fsp3) is 0.579. The van der Waals surface area contributed by atoms with Gasteiger partial charge in [0.25, 0.3) is 5.56 Å². The lowest BCUT2D eigenvalue weighted by Gasteiger charge is -2.22. The third kappa shape index (κ3) is 4.00. The van der Waals surface area contributed by atoms with Crippen LogP contribution in [0.3, 0.4) is 0 Å². The minimum atomic E-state index is -0.423. The lowest BCUT2D eigenvalue weighted by atomic mass is 9.96. The topological polar surface area (TPSA) is 116 Å². The molecule has 3 aromatic rings. The van der Waals surface area contributed by atoms with Gasteiger partial charge >= 0.3 is 5.97 Å². The summed E-state index contributed by atoms with van der Waals surface area (Å²) in [5.41, 5.74) is 0.355. The lowest BCUT2D eigenvalue weighted by molar-refractivity contribution is 0.0531. The molecule has 0 amide bonds. The highest BCUT2D eigenvalue weighted by atomic mass is 32.2. The Morgan fingerprint density at radius 3 is 2.87 bits per heavy atom. The third-order valence-electron chi connectivity index (χ3n) is 5.33. The Hall–Kier alpha value is -2.27. The van der Waals surface area contributed by atoms with E-state index in [1.807, 2.05) is 11.6 Å². The molecular weight excluding hydrogens is 424 g/mol. The van der Waals surface area contributed by atoms with E-state index in [0.717, 1.165) is 18.0 Å². The van der Waals surface area contributed by atoms with Crippen LogP contribution >= 0.6 is 23.1 Å². The number of ether oxygens (including phenoxy) is 1. The predicted octanol–water partition coefficient (Wildman–Crippen LogP) is 3.81. The minimum absolute atomic E-state index is 0.163. The van der Waals surface area contributed by atoms with Crippen molar-refractivity contribution in [2.24, 2.45) is 0 Å². The maximum atomic E-state index is 12.7. The Kier molecular flexibility index (Phi) is 6.19. The van der Waals surface area contributed by atoms with E-state index in [1.165, 1.54) is 42.4 Å². The molecule has 0 saturated heterocycles. The number of nitrogens with one attached hydrogen (secondary N) is 1. The number of hydrogen-bond donors (Lipinski definition) is 1. The van der Waals surface area contributed by atoms with E-state index >= 15 is 0 Å². The van der Waals surface area contributed by atoms with Crippen molar-refractivity contribution >= 4 is 39.3 Å². The summed E-state index contributed by atoms with van der Waals surface area (Å²) in [7, 11) is 0. The number of nitrogens with zero attached hydrogens (tertiary/aromatic N) is 5. The number of hydrogen-bond acceptors (Lipinski definition) is 9. The second-order valence-electron chi connectivity index (χ2n) is 7.37. The molecule has 4 rings (SSSR count). The highest BCUT2D eigenvalue weighted by molar-refractivity contribution is 7.99. The summed E-state index contributed by atoms with van der Waals surface area (Å²) in [4.78, 5) is 33.4. The van der Waals surface area contributed by atoms with Gasteiger partial charge in [0.05, 0.1) is 23.3 Å². The Morgan fingerprint density at radius 2 is 2.13 bits per heavy atom. The summed E-state index contributed by atoms with van der Waals surface area (Å²) in [5, 5.41) is 13.3. The molecule has 1 unspecified atom stereocenters. The maximum Gasteiger partial charge on any atom is 0.348 e. The van der Waals surface area contributed by atoms with Crippen molar-refractivity contribution in [3.63, 3.8) is 0 Å². The monoisotopic (exact) mass is 448 g/mol. The molecule has 160 valence electrons. The molecule has 3 aromatic heterocycles. The third-order valence-corrected chi connectivity index (χ3v) is 7.55. The molecular formula is C19H24N6O3S2.